The van der Waals surface area contributed by atoms with E-state index >= 15 is 0 Å². The number of halogens is 1. The molecule has 0 aromatic heterocycles. The predicted molar refractivity (Wildman–Crippen MR) is 117 cm³/mol. The molecular formula is C26H37FO4. The maximum Gasteiger partial charge on any atom is 0.137 e. The van der Waals surface area contributed by atoms with E-state index in [2.05, 4.69) is 20.8 Å². The highest BCUT2D eigenvalue weighted by molar-refractivity contribution is 5.80. The lowest BCUT2D eigenvalue weighted by Gasteiger charge is -2.58. The van der Waals surface area contributed by atoms with Gasteiger partial charge in [-0.1, -0.05) is 26.0 Å². The zero-order valence-electron chi connectivity index (χ0n) is 19.1. The summed E-state index contributed by atoms with van der Waals surface area (Å²) in [5.41, 5.74) is 0.247. The molecule has 2 aliphatic carbocycles. The summed E-state index contributed by atoms with van der Waals surface area (Å²) in [6.07, 6.45) is 6.78. The van der Waals surface area contributed by atoms with Crippen LogP contribution in [-0.4, -0.2) is 28.8 Å². The first-order valence-electron chi connectivity index (χ1n) is 12.1. The number of carbonyl (C=O) groups is 1. The van der Waals surface area contributed by atoms with Crippen molar-refractivity contribution >= 4 is 5.78 Å². The van der Waals surface area contributed by atoms with Crippen molar-refractivity contribution in [1.29, 1.82) is 0 Å². The zero-order chi connectivity index (χ0) is 22.2. The Bertz CT molecular complexity index is 765. The Hall–Kier alpha value is -1.30. The van der Waals surface area contributed by atoms with E-state index in [1.807, 2.05) is 0 Å². The number of hydrogen-bond acceptors (Lipinski definition) is 4. The van der Waals surface area contributed by atoms with E-state index in [0.717, 1.165) is 44.1 Å². The van der Waals surface area contributed by atoms with E-state index in [0.29, 0.717) is 36.5 Å². The number of hydrogen-bond donors (Lipinski definition) is 1. The van der Waals surface area contributed by atoms with Crippen molar-refractivity contribution in [2.75, 3.05) is 0 Å². The Morgan fingerprint density at radius 3 is 2.55 bits per heavy atom. The summed E-state index contributed by atoms with van der Waals surface area (Å²) in [7, 11) is 0. The van der Waals surface area contributed by atoms with E-state index in [1.165, 1.54) is 12.1 Å². The van der Waals surface area contributed by atoms with Crippen molar-refractivity contribution in [3.05, 3.63) is 35.6 Å². The minimum absolute atomic E-state index is 0.124. The van der Waals surface area contributed by atoms with Gasteiger partial charge in [0.2, 0.25) is 0 Å². The quantitative estimate of drug-likeness (QED) is 0.454. The Kier molecular flexibility index (Phi) is 6.85. The molecule has 8 unspecified atom stereocenters. The number of rotatable bonds is 6. The molecule has 172 valence electrons. The zero-order valence-corrected chi connectivity index (χ0v) is 19.1. The minimum Gasteiger partial charge on any atom is -0.372 e. The van der Waals surface area contributed by atoms with Crippen molar-refractivity contribution < 1.29 is 24.1 Å². The third-order valence-electron chi connectivity index (χ3n) is 8.72. The van der Waals surface area contributed by atoms with Crippen molar-refractivity contribution in [2.45, 2.75) is 89.9 Å². The normalized spacial score (nSPS) is 40.1. The lowest BCUT2D eigenvalue weighted by atomic mass is 9.51. The molecule has 1 aromatic carbocycles. The minimum atomic E-state index is -0.615. The lowest BCUT2D eigenvalue weighted by Crippen LogP contribution is -2.65. The molecule has 1 N–H and O–H groups in total. The number of Topliss-reactive ketones (excluding diaryl/α,β-unsaturated/α-hetero) is 1. The predicted octanol–water partition coefficient (Wildman–Crippen LogP) is 5.83. The second-order valence-corrected chi connectivity index (χ2v) is 10.5. The molecular weight excluding hydrogens is 395 g/mol. The molecule has 0 radical (unpaired) electrons. The summed E-state index contributed by atoms with van der Waals surface area (Å²) in [6.45, 7) is 6.69. The maximum absolute atomic E-state index is 13.1. The van der Waals surface area contributed by atoms with Crippen LogP contribution in [0.4, 0.5) is 4.39 Å². The summed E-state index contributed by atoms with van der Waals surface area (Å²) in [4.78, 5) is 18.1. The van der Waals surface area contributed by atoms with E-state index in [9.17, 15) is 14.4 Å². The molecule has 3 fully saturated rings. The van der Waals surface area contributed by atoms with E-state index < -0.39 is 5.60 Å². The second kappa shape index (κ2) is 9.29. The Balaban J connectivity index is 1.47. The van der Waals surface area contributed by atoms with Gasteiger partial charge in [0.25, 0.3) is 0 Å². The molecule has 5 heteroatoms. The first kappa shape index (κ1) is 22.9. The fourth-order valence-electron chi connectivity index (χ4n) is 7.02. The number of carbonyl (C=O) groups excluding carboxylic acids is 1. The van der Waals surface area contributed by atoms with Gasteiger partial charge in [-0.05, 0) is 92.7 Å². The molecule has 1 aromatic rings. The summed E-state index contributed by atoms with van der Waals surface area (Å²) in [5.74, 6) is 1.73. The van der Waals surface area contributed by atoms with Gasteiger partial charge in [-0.15, -0.1) is 0 Å². The van der Waals surface area contributed by atoms with Gasteiger partial charge in [0.1, 0.15) is 17.2 Å². The Morgan fingerprint density at radius 2 is 1.84 bits per heavy atom. The van der Waals surface area contributed by atoms with Crippen LogP contribution in [-0.2, 0) is 20.8 Å². The average molecular weight is 433 g/mol. The van der Waals surface area contributed by atoms with Crippen LogP contribution < -0.4 is 0 Å². The first-order chi connectivity index (χ1) is 14.8. The molecule has 1 heterocycles. The molecule has 8 atom stereocenters. The Morgan fingerprint density at radius 1 is 1.13 bits per heavy atom. The van der Waals surface area contributed by atoms with Crippen molar-refractivity contribution in [3.63, 3.8) is 0 Å². The standard InChI is InChI=1S/C26H37FO4/c1-16-4-12-24-18(3)20(8-11-22(28)14-19-6-9-21(27)10-7-19)15-25-26(24,31-29)23(16)13-5-17(2)30-25/h6-7,9-10,16-18,20,23-25,29H,4-5,8,11-15H2,1-3H3. The smallest absolute Gasteiger partial charge is 0.137 e. The molecule has 2 saturated carbocycles. The van der Waals surface area contributed by atoms with Crippen LogP contribution >= 0.6 is 0 Å². The van der Waals surface area contributed by atoms with Gasteiger partial charge < -0.3 is 4.74 Å². The average Bonchev–Trinajstić information content (AvgIpc) is 2.89. The van der Waals surface area contributed by atoms with Gasteiger partial charge in [0.15, 0.2) is 0 Å². The largest absolute Gasteiger partial charge is 0.372 e. The SMILES string of the molecule is CC1CCC2C(C)CCC3C(C)C(CCC(=O)Cc4ccc(F)cc4)CC(O1)C23OO. The van der Waals surface area contributed by atoms with Crippen molar-refractivity contribution in [3.8, 4) is 0 Å². The highest BCUT2D eigenvalue weighted by Gasteiger charge is 2.63. The third kappa shape index (κ3) is 4.34. The van der Waals surface area contributed by atoms with Gasteiger partial charge in [-0.25, -0.2) is 9.28 Å². The third-order valence-corrected chi connectivity index (χ3v) is 8.72. The van der Waals surface area contributed by atoms with Crippen LogP contribution in [0.15, 0.2) is 24.3 Å². The summed E-state index contributed by atoms with van der Waals surface area (Å²) in [6, 6.07) is 6.19. The molecule has 0 spiro atoms. The van der Waals surface area contributed by atoms with Crippen LogP contribution in [0, 0.1) is 35.4 Å². The first-order valence-corrected chi connectivity index (χ1v) is 12.1. The number of benzene rings is 1. The van der Waals surface area contributed by atoms with Gasteiger partial charge in [0, 0.05) is 12.8 Å². The van der Waals surface area contributed by atoms with Gasteiger partial charge in [-0.3, -0.25) is 10.1 Å². The topological polar surface area (TPSA) is 55.8 Å². The van der Waals surface area contributed by atoms with Gasteiger partial charge in [-0.2, -0.15) is 0 Å². The second-order valence-electron chi connectivity index (χ2n) is 10.5. The summed E-state index contributed by atoms with van der Waals surface area (Å²) >= 11 is 0. The van der Waals surface area contributed by atoms with E-state index in [1.54, 1.807) is 12.1 Å². The van der Waals surface area contributed by atoms with Crippen LogP contribution in [0.5, 0.6) is 0 Å². The molecule has 31 heavy (non-hydrogen) atoms. The lowest BCUT2D eigenvalue weighted by molar-refractivity contribution is -0.401. The van der Waals surface area contributed by atoms with Crippen LogP contribution in [0.1, 0.15) is 71.3 Å². The molecule has 0 amide bonds. The van der Waals surface area contributed by atoms with E-state index in [-0.39, 0.29) is 29.7 Å². The van der Waals surface area contributed by atoms with Gasteiger partial charge >= 0.3 is 0 Å². The monoisotopic (exact) mass is 432 g/mol. The highest BCUT2D eigenvalue weighted by Crippen LogP contribution is 2.58. The summed E-state index contributed by atoms with van der Waals surface area (Å²) < 4.78 is 19.6. The molecule has 4 nitrogen and oxygen atoms in total. The number of ether oxygens (including phenoxy) is 1. The Labute approximate surface area is 185 Å². The molecule has 1 aliphatic heterocycles. The van der Waals surface area contributed by atoms with E-state index in [4.69, 9.17) is 9.62 Å². The highest BCUT2D eigenvalue weighted by atomic mass is 19.1. The molecule has 0 bridgehead atoms. The molecule has 3 aliphatic rings. The fraction of sp³-hybridized carbons (Fsp3) is 0.731. The summed E-state index contributed by atoms with van der Waals surface area (Å²) in [5, 5.41) is 10.3. The molecule has 1 saturated heterocycles. The van der Waals surface area contributed by atoms with Crippen LogP contribution in [0.25, 0.3) is 0 Å². The van der Waals surface area contributed by atoms with Gasteiger partial charge in [0.05, 0.1) is 12.2 Å². The van der Waals surface area contributed by atoms with Crippen LogP contribution in [0.3, 0.4) is 0 Å². The molecule has 4 rings (SSSR count). The number of ketones is 1. The van der Waals surface area contributed by atoms with Crippen molar-refractivity contribution in [1.82, 2.24) is 0 Å². The van der Waals surface area contributed by atoms with Crippen LogP contribution in [0.2, 0.25) is 0 Å². The van der Waals surface area contributed by atoms with Crippen molar-refractivity contribution in [2.24, 2.45) is 29.6 Å². The maximum atomic E-state index is 13.1. The fourth-order valence-corrected chi connectivity index (χ4v) is 7.02.